The van der Waals surface area contributed by atoms with Crippen molar-refractivity contribution in [2.75, 3.05) is 0 Å². The number of nitrogens with zero attached hydrogens (tertiary/aromatic N) is 2. The van der Waals surface area contributed by atoms with Crippen LogP contribution in [0.3, 0.4) is 0 Å². The van der Waals surface area contributed by atoms with Crippen molar-refractivity contribution < 1.29 is 0 Å². The smallest absolute Gasteiger partial charge is 0.0992 e. The Labute approximate surface area is 80.5 Å². The van der Waals surface area contributed by atoms with Gasteiger partial charge in [-0.3, -0.25) is 0 Å². The summed E-state index contributed by atoms with van der Waals surface area (Å²) in [4.78, 5) is 4.40. The van der Waals surface area contributed by atoms with Crippen LogP contribution in [0.15, 0.2) is 12.1 Å². The highest BCUT2D eigenvalue weighted by molar-refractivity contribution is 7.18. The van der Waals surface area contributed by atoms with Crippen LogP contribution in [0.4, 0.5) is 0 Å². The third-order valence-electron chi connectivity index (χ3n) is 1.92. The number of aromatic nitrogens is 1. The molecule has 64 valence electrons. The van der Waals surface area contributed by atoms with Gasteiger partial charge in [-0.05, 0) is 31.5 Å². The minimum Gasteiger partial charge on any atom is -0.241 e. The molecule has 0 saturated heterocycles. The Morgan fingerprint density at radius 2 is 2.15 bits per heavy atom. The second-order valence-electron chi connectivity index (χ2n) is 2.98. The van der Waals surface area contributed by atoms with Gasteiger partial charge in [0, 0.05) is 0 Å². The molecule has 13 heavy (non-hydrogen) atoms. The number of hydrogen-bond donors (Lipinski definition) is 0. The highest BCUT2D eigenvalue weighted by atomic mass is 32.1. The molecular weight excluding hydrogens is 180 g/mol. The SMILES string of the molecule is Cc1nc2c(C)cc(C#N)cc2s1. The molecule has 0 radical (unpaired) electrons. The van der Waals surface area contributed by atoms with Crippen LogP contribution in [0.25, 0.3) is 10.2 Å². The summed E-state index contributed by atoms with van der Waals surface area (Å²) in [7, 11) is 0. The van der Waals surface area contributed by atoms with Crippen LogP contribution in [0.5, 0.6) is 0 Å². The van der Waals surface area contributed by atoms with E-state index in [1.807, 2.05) is 26.0 Å². The molecule has 0 atom stereocenters. The molecule has 3 heteroatoms. The van der Waals surface area contributed by atoms with E-state index in [9.17, 15) is 0 Å². The predicted molar refractivity (Wildman–Crippen MR) is 53.8 cm³/mol. The van der Waals surface area contributed by atoms with E-state index < -0.39 is 0 Å². The van der Waals surface area contributed by atoms with E-state index in [0.29, 0.717) is 5.56 Å². The zero-order valence-corrected chi connectivity index (χ0v) is 8.27. The zero-order valence-electron chi connectivity index (χ0n) is 7.46. The van der Waals surface area contributed by atoms with Crippen molar-refractivity contribution in [1.82, 2.24) is 4.98 Å². The van der Waals surface area contributed by atoms with Crippen molar-refractivity contribution in [2.24, 2.45) is 0 Å². The van der Waals surface area contributed by atoms with Gasteiger partial charge in [0.15, 0.2) is 0 Å². The molecule has 0 saturated carbocycles. The summed E-state index contributed by atoms with van der Waals surface area (Å²) in [5.74, 6) is 0. The van der Waals surface area contributed by atoms with Crippen LogP contribution in [0, 0.1) is 25.2 Å². The largest absolute Gasteiger partial charge is 0.241 e. The quantitative estimate of drug-likeness (QED) is 0.637. The summed E-state index contributed by atoms with van der Waals surface area (Å²) < 4.78 is 1.11. The standard InChI is InChI=1S/C10H8N2S/c1-6-3-8(5-11)4-9-10(6)12-7(2)13-9/h3-4H,1-2H3. The molecule has 0 aliphatic carbocycles. The Balaban J connectivity index is 2.85. The van der Waals surface area contributed by atoms with Crippen molar-refractivity contribution >= 4 is 21.6 Å². The first-order chi connectivity index (χ1) is 6.20. The zero-order chi connectivity index (χ0) is 9.42. The number of thiazole rings is 1. The topological polar surface area (TPSA) is 36.7 Å². The molecule has 0 spiro atoms. The Hall–Kier alpha value is -1.40. The molecule has 0 aliphatic heterocycles. The normalized spacial score (nSPS) is 10.2. The fourth-order valence-electron chi connectivity index (χ4n) is 1.37. The van der Waals surface area contributed by atoms with Crippen molar-refractivity contribution in [3.63, 3.8) is 0 Å². The van der Waals surface area contributed by atoms with Gasteiger partial charge in [0.2, 0.25) is 0 Å². The molecule has 2 rings (SSSR count). The Bertz CT molecular complexity index is 505. The molecule has 0 amide bonds. The maximum Gasteiger partial charge on any atom is 0.0992 e. The van der Waals surface area contributed by atoms with E-state index in [1.165, 1.54) is 0 Å². The molecule has 1 aromatic carbocycles. The van der Waals surface area contributed by atoms with Crippen LogP contribution in [0.2, 0.25) is 0 Å². The van der Waals surface area contributed by atoms with Crippen molar-refractivity contribution in [3.8, 4) is 6.07 Å². The van der Waals surface area contributed by atoms with Gasteiger partial charge in [0.05, 0.1) is 26.9 Å². The van der Waals surface area contributed by atoms with Crippen LogP contribution < -0.4 is 0 Å². The van der Waals surface area contributed by atoms with Crippen molar-refractivity contribution in [3.05, 3.63) is 28.3 Å². The minimum absolute atomic E-state index is 0.716. The van der Waals surface area contributed by atoms with E-state index in [0.717, 1.165) is 20.8 Å². The van der Waals surface area contributed by atoms with Crippen molar-refractivity contribution in [2.45, 2.75) is 13.8 Å². The molecule has 1 heterocycles. The van der Waals surface area contributed by atoms with E-state index >= 15 is 0 Å². The third kappa shape index (κ3) is 1.30. The summed E-state index contributed by atoms with van der Waals surface area (Å²) in [5.41, 5.74) is 2.83. The van der Waals surface area contributed by atoms with E-state index in [-0.39, 0.29) is 0 Å². The number of nitriles is 1. The summed E-state index contributed by atoms with van der Waals surface area (Å²) >= 11 is 1.63. The first kappa shape index (κ1) is 8.21. The molecular formula is C10H8N2S. The second kappa shape index (κ2) is 2.82. The van der Waals surface area contributed by atoms with E-state index in [4.69, 9.17) is 5.26 Å². The lowest BCUT2D eigenvalue weighted by Gasteiger charge is -1.94. The molecule has 0 N–H and O–H groups in total. The predicted octanol–water partition coefficient (Wildman–Crippen LogP) is 2.78. The van der Waals surface area contributed by atoms with Gasteiger partial charge < -0.3 is 0 Å². The molecule has 2 aromatic rings. The lowest BCUT2D eigenvalue weighted by Crippen LogP contribution is -1.79. The number of fused-ring (bicyclic) bond motifs is 1. The molecule has 0 unspecified atom stereocenters. The average molecular weight is 188 g/mol. The maximum absolute atomic E-state index is 8.76. The average Bonchev–Trinajstić information content (AvgIpc) is 2.46. The third-order valence-corrected chi connectivity index (χ3v) is 2.84. The molecule has 1 aromatic heterocycles. The number of hydrogen-bond acceptors (Lipinski definition) is 3. The molecule has 0 fully saturated rings. The summed E-state index contributed by atoms with van der Waals surface area (Å²) in [6.45, 7) is 3.97. The van der Waals surface area contributed by atoms with Crippen LogP contribution in [-0.2, 0) is 0 Å². The van der Waals surface area contributed by atoms with Gasteiger partial charge in [0.25, 0.3) is 0 Å². The molecule has 0 bridgehead atoms. The lowest BCUT2D eigenvalue weighted by molar-refractivity contribution is 1.32. The van der Waals surface area contributed by atoms with Gasteiger partial charge in [-0.1, -0.05) is 0 Å². The summed E-state index contributed by atoms with van der Waals surface area (Å²) in [6, 6.07) is 5.92. The number of rotatable bonds is 0. The first-order valence-electron chi connectivity index (χ1n) is 3.98. The van der Waals surface area contributed by atoms with Gasteiger partial charge in [-0.15, -0.1) is 11.3 Å². The summed E-state index contributed by atoms with van der Waals surface area (Å²) in [5, 5.41) is 9.81. The fourth-order valence-corrected chi connectivity index (χ4v) is 2.32. The molecule has 2 nitrogen and oxygen atoms in total. The van der Waals surface area contributed by atoms with Crippen molar-refractivity contribution in [1.29, 1.82) is 5.26 Å². The molecule has 0 aliphatic rings. The Morgan fingerprint density at radius 3 is 2.85 bits per heavy atom. The maximum atomic E-state index is 8.76. The lowest BCUT2D eigenvalue weighted by atomic mass is 10.1. The van der Waals surface area contributed by atoms with Gasteiger partial charge in [0.1, 0.15) is 0 Å². The second-order valence-corrected chi connectivity index (χ2v) is 4.22. The highest BCUT2D eigenvalue weighted by Crippen LogP contribution is 2.25. The van der Waals surface area contributed by atoms with Gasteiger partial charge >= 0.3 is 0 Å². The van der Waals surface area contributed by atoms with Crippen LogP contribution in [-0.4, -0.2) is 4.98 Å². The minimum atomic E-state index is 0.716. The monoisotopic (exact) mass is 188 g/mol. The Kier molecular flexibility index (Phi) is 1.78. The number of aryl methyl sites for hydroxylation is 2. The van der Waals surface area contributed by atoms with Gasteiger partial charge in [-0.2, -0.15) is 5.26 Å². The van der Waals surface area contributed by atoms with Crippen LogP contribution in [0.1, 0.15) is 16.1 Å². The van der Waals surface area contributed by atoms with Crippen LogP contribution >= 0.6 is 11.3 Å². The first-order valence-corrected chi connectivity index (χ1v) is 4.80. The van der Waals surface area contributed by atoms with Gasteiger partial charge in [-0.25, -0.2) is 4.98 Å². The highest BCUT2D eigenvalue weighted by Gasteiger charge is 2.04. The fraction of sp³-hybridized carbons (Fsp3) is 0.200. The summed E-state index contributed by atoms with van der Waals surface area (Å²) in [6.07, 6.45) is 0. The Morgan fingerprint density at radius 1 is 1.38 bits per heavy atom. The van der Waals surface area contributed by atoms with E-state index in [1.54, 1.807) is 11.3 Å². The number of benzene rings is 1. The van der Waals surface area contributed by atoms with E-state index in [2.05, 4.69) is 11.1 Å².